The maximum absolute atomic E-state index is 12.7. The van der Waals surface area contributed by atoms with Crippen LogP contribution in [0.5, 0.6) is 0 Å². The van der Waals surface area contributed by atoms with Gasteiger partial charge in [-0.05, 0) is 22.6 Å². The third-order valence-corrected chi connectivity index (χ3v) is 5.56. The van der Waals surface area contributed by atoms with Crippen LogP contribution in [0.15, 0.2) is 54.6 Å². The van der Waals surface area contributed by atoms with E-state index in [0.29, 0.717) is 12.3 Å². The Hall–Kier alpha value is -1.74. The summed E-state index contributed by atoms with van der Waals surface area (Å²) < 4.78 is 0. The quantitative estimate of drug-likeness (QED) is 0.817. The Morgan fingerprint density at radius 2 is 1.83 bits per heavy atom. The summed E-state index contributed by atoms with van der Waals surface area (Å²) in [7, 11) is 0. The summed E-state index contributed by atoms with van der Waals surface area (Å²) in [5.74, 6) is 1.77. The third-order valence-electron chi connectivity index (χ3n) is 4.30. The lowest BCUT2D eigenvalue weighted by atomic mass is 10.0. The van der Waals surface area contributed by atoms with E-state index in [9.17, 15) is 4.79 Å². The van der Waals surface area contributed by atoms with Gasteiger partial charge in [-0.25, -0.2) is 0 Å². The van der Waals surface area contributed by atoms with E-state index >= 15 is 0 Å². The van der Waals surface area contributed by atoms with Crippen molar-refractivity contribution in [2.75, 3.05) is 12.3 Å². The fraction of sp³-hybridized carbons (Fsp3) is 0.350. The van der Waals surface area contributed by atoms with Crippen molar-refractivity contribution < 1.29 is 4.79 Å². The number of hydrogen-bond donors (Lipinski definition) is 0. The van der Waals surface area contributed by atoms with Crippen molar-refractivity contribution in [3.8, 4) is 0 Å². The Bertz CT molecular complexity index is 651. The molecule has 1 saturated heterocycles. The molecule has 3 heteroatoms. The van der Waals surface area contributed by atoms with E-state index in [1.54, 1.807) is 0 Å². The zero-order chi connectivity index (χ0) is 16.2. The maximum atomic E-state index is 12.7. The summed E-state index contributed by atoms with van der Waals surface area (Å²) in [5.41, 5.74) is 3.67. The molecule has 1 heterocycles. The number of nitrogens with zero attached hydrogens (tertiary/aromatic N) is 1. The molecule has 1 fully saturated rings. The Labute approximate surface area is 142 Å². The highest BCUT2D eigenvalue weighted by Gasteiger charge is 2.30. The van der Waals surface area contributed by atoms with Gasteiger partial charge in [0.1, 0.15) is 5.37 Å². The first-order chi connectivity index (χ1) is 11.1. The molecule has 0 bridgehead atoms. The average Bonchev–Trinajstić information content (AvgIpc) is 3.05. The van der Waals surface area contributed by atoms with Crippen LogP contribution in [0, 0.1) is 0 Å². The average molecular weight is 325 g/mol. The zero-order valence-electron chi connectivity index (χ0n) is 13.7. The predicted octanol–water partition coefficient (Wildman–Crippen LogP) is 4.63. The first-order valence-electron chi connectivity index (χ1n) is 8.20. The van der Waals surface area contributed by atoms with Gasteiger partial charge in [0.25, 0.3) is 0 Å². The predicted molar refractivity (Wildman–Crippen MR) is 97.6 cm³/mol. The fourth-order valence-electron chi connectivity index (χ4n) is 2.92. The standard InChI is InChI=1S/C20H23NOS/c1-15(2)17-8-10-18(11-9-17)20-21(12-13-23-20)19(22)14-16-6-4-3-5-7-16/h3-11,15,20H,12-14H2,1-2H3. The molecule has 2 aromatic carbocycles. The Kier molecular flexibility index (Phi) is 5.06. The normalized spacial score (nSPS) is 17.7. The van der Waals surface area contributed by atoms with E-state index in [4.69, 9.17) is 0 Å². The molecular formula is C20H23NOS. The summed E-state index contributed by atoms with van der Waals surface area (Å²) in [6.07, 6.45) is 0.488. The Morgan fingerprint density at radius 1 is 1.13 bits per heavy atom. The van der Waals surface area contributed by atoms with Crippen LogP contribution in [0.25, 0.3) is 0 Å². The maximum Gasteiger partial charge on any atom is 0.228 e. The molecule has 0 saturated carbocycles. The molecule has 0 aliphatic carbocycles. The topological polar surface area (TPSA) is 20.3 Å². The van der Waals surface area contributed by atoms with E-state index < -0.39 is 0 Å². The number of amides is 1. The molecule has 0 spiro atoms. The summed E-state index contributed by atoms with van der Waals surface area (Å²) in [5, 5.41) is 0.160. The SMILES string of the molecule is CC(C)c1ccc(C2SCCN2C(=O)Cc2ccccc2)cc1. The van der Waals surface area contributed by atoms with Gasteiger partial charge in [0, 0.05) is 12.3 Å². The van der Waals surface area contributed by atoms with E-state index in [2.05, 4.69) is 38.1 Å². The van der Waals surface area contributed by atoms with Gasteiger partial charge in [0.05, 0.1) is 6.42 Å². The van der Waals surface area contributed by atoms with Crippen molar-refractivity contribution in [1.82, 2.24) is 4.90 Å². The summed E-state index contributed by atoms with van der Waals surface area (Å²) in [4.78, 5) is 14.7. The van der Waals surface area contributed by atoms with Gasteiger partial charge in [-0.3, -0.25) is 4.79 Å². The molecule has 120 valence electrons. The van der Waals surface area contributed by atoms with Crippen LogP contribution in [0.4, 0.5) is 0 Å². The number of carbonyl (C=O) groups excluding carboxylic acids is 1. The fourth-order valence-corrected chi connectivity index (χ4v) is 4.20. The Morgan fingerprint density at radius 3 is 2.48 bits per heavy atom. The van der Waals surface area contributed by atoms with E-state index in [1.165, 1.54) is 11.1 Å². The molecular weight excluding hydrogens is 302 g/mol. The molecule has 1 amide bonds. The van der Waals surface area contributed by atoms with Gasteiger partial charge in [0.2, 0.25) is 5.91 Å². The lowest BCUT2D eigenvalue weighted by Crippen LogP contribution is -2.31. The van der Waals surface area contributed by atoms with E-state index in [-0.39, 0.29) is 11.3 Å². The molecule has 0 N–H and O–H groups in total. The van der Waals surface area contributed by atoms with Crippen molar-refractivity contribution in [2.24, 2.45) is 0 Å². The Balaban J connectivity index is 1.73. The minimum atomic E-state index is 0.160. The van der Waals surface area contributed by atoms with Crippen LogP contribution in [0.3, 0.4) is 0 Å². The lowest BCUT2D eigenvalue weighted by molar-refractivity contribution is -0.130. The second-order valence-electron chi connectivity index (χ2n) is 6.29. The van der Waals surface area contributed by atoms with Crippen molar-refractivity contribution in [1.29, 1.82) is 0 Å². The first kappa shape index (κ1) is 16.1. The molecule has 0 radical (unpaired) electrons. The van der Waals surface area contributed by atoms with Crippen LogP contribution in [-0.2, 0) is 11.2 Å². The molecule has 2 aromatic rings. The highest BCUT2D eigenvalue weighted by molar-refractivity contribution is 7.99. The molecule has 1 atom stereocenters. The molecule has 23 heavy (non-hydrogen) atoms. The number of benzene rings is 2. The largest absolute Gasteiger partial charge is 0.325 e. The molecule has 3 rings (SSSR count). The third kappa shape index (κ3) is 3.78. The van der Waals surface area contributed by atoms with Gasteiger partial charge in [-0.1, -0.05) is 68.4 Å². The summed E-state index contributed by atoms with van der Waals surface area (Å²) in [6, 6.07) is 18.8. The second kappa shape index (κ2) is 7.22. The van der Waals surface area contributed by atoms with Crippen LogP contribution in [0.1, 0.15) is 41.8 Å². The molecule has 1 aliphatic rings. The van der Waals surface area contributed by atoms with Gasteiger partial charge in [-0.2, -0.15) is 0 Å². The van der Waals surface area contributed by atoms with Crippen molar-refractivity contribution in [2.45, 2.75) is 31.6 Å². The van der Waals surface area contributed by atoms with Crippen molar-refractivity contribution in [3.05, 3.63) is 71.3 Å². The van der Waals surface area contributed by atoms with Gasteiger partial charge < -0.3 is 4.90 Å². The van der Waals surface area contributed by atoms with Crippen LogP contribution in [0.2, 0.25) is 0 Å². The molecule has 2 nitrogen and oxygen atoms in total. The van der Waals surface area contributed by atoms with Crippen LogP contribution >= 0.6 is 11.8 Å². The zero-order valence-corrected chi connectivity index (χ0v) is 14.6. The van der Waals surface area contributed by atoms with Crippen LogP contribution in [-0.4, -0.2) is 23.1 Å². The molecule has 0 aromatic heterocycles. The highest BCUT2D eigenvalue weighted by Crippen LogP contribution is 2.38. The van der Waals surface area contributed by atoms with Gasteiger partial charge >= 0.3 is 0 Å². The monoisotopic (exact) mass is 325 g/mol. The summed E-state index contributed by atoms with van der Waals surface area (Å²) in [6.45, 7) is 5.25. The smallest absolute Gasteiger partial charge is 0.228 e. The van der Waals surface area contributed by atoms with Gasteiger partial charge in [-0.15, -0.1) is 11.8 Å². The van der Waals surface area contributed by atoms with Crippen molar-refractivity contribution in [3.63, 3.8) is 0 Å². The number of carbonyl (C=O) groups is 1. The molecule has 1 aliphatic heterocycles. The van der Waals surface area contributed by atoms with E-state index in [1.807, 2.05) is 47.0 Å². The highest BCUT2D eigenvalue weighted by atomic mass is 32.2. The number of thioether (sulfide) groups is 1. The minimum absolute atomic E-state index is 0.160. The minimum Gasteiger partial charge on any atom is -0.325 e. The molecule has 1 unspecified atom stereocenters. The number of hydrogen-bond acceptors (Lipinski definition) is 2. The lowest BCUT2D eigenvalue weighted by Gasteiger charge is -2.24. The first-order valence-corrected chi connectivity index (χ1v) is 9.25. The van der Waals surface area contributed by atoms with Gasteiger partial charge in [0.15, 0.2) is 0 Å². The number of rotatable bonds is 4. The second-order valence-corrected chi connectivity index (χ2v) is 7.48. The summed E-state index contributed by atoms with van der Waals surface area (Å²) >= 11 is 1.86. The van der Waals surface area contributed by atoms with Crippen molar-refractivity contribution >= 4 is 17.7 Å². The van der Waals surface area contributed by atoms with Crippen LogP contribution < -0.4 is 0 Å². The van der Waals surface area contributed by atoms with E-state index in [0.717, 1.165) is 17.9 Å².